The van der Waals surface area contributed by atoms with E-state index in [2.05, 4.69) is 16.4 Å². The van der Waals surface area contributed by atoms with Crippen LogP contribution in [-0.4, -0.2) is 28.7 Å². The molecule has 2 aliphatic rings. The lowest BCUT2D eigenvalue weighted by atomic mass is 9.74. The molecule has 6 nitrogen and oxygen atoms in total. The molecule has 1 amide bonds. The Labute approximate surface area is 144 Å². The van der Waals surface area contributed by atoms with Crippen LogP contribution in [0, 0.1) is 5.92 Å². The highest BCUT2D eigenvalue weighted by molar-refractivity contribution is 5.94. The topological polar surface area (TPSA) is 91.4 Å². The number of aliphatic hydroxyl groups excluding tert-OH is 1. The highest BCUT2D eigenvalue weighted by Crippen LogP contribution is 2.39. The zero-order valence-corrected chi connectivity index (χ0v) is 13.7. The van der Waals surface area contributed by atoms with Crippen LogP contribution >= 0.6 is 0 Å². The minimum atomic E-state index is -0.296. The maximum absolute atomic E-state index is 12.6. The van der Waals surface area contributed by atoms with E-state index in [9.17, 15) is 14.7 Å². The van der Waals surface area contributed by atoms with Gasteiger partial charge in [-0.05, 0) is 48.1 Å². The molecular weight excluding hydrogens is 320 g/mol. The summed E-state index contributed by atoms with van der Waals surface area (Å²) in [5.41, 5.74) is 2.35. The summed E-state index contributed by atoms with van der Waals surface area (Å²) in [7, 11) is 0. The predicted octanol–water partition coefficient (Wildman–Crippen LogP) is 1.55. The Bertz CT molecular complexity index is 834. The summed E-state index contributed by atoms with van der Waals surface area (Å²) in [6.07, 6.45) is 3.34. The fourth-order valence-corrected chi connectivity index (χ4v) is 3.55. The molecule has 0 radical (unpaired) electrons. The third-order valence-electron chi connectivity index (χ3n) is 5.03. The van der Waals surface area contributed by atoms with Crippen molar-refractivity contribution in [1.29, 1.82) is 0 Å². The highest BCUT2D eigenvalue weighted by atomic mass is 16.5. The summed E-state index contributed by atoms with van der Waals surface area (Å²) in [4.78, 5) is 26.3. The van der Waals surface area contributed by atoms with E-state index in [1.165, 1.54) is 18.3 Å². The molecular formula is C19H20N2O4. The Morgan fingerprint density at radius 2 is 2.12 bits per heavy atom. The normalized spacial score (nSPS) is 22.4. The standard InChI is InChI=1S/C19H20N2O4/c22-15-8-14(9-15)18(12-1-3-16-11(7-12)5-6-25-16)21-19(24)13-2-4-17(23)20-10-13/h1-4,7,10,14-15,18,22H,5-6,8-9H2,(H,20,23)(H,21,24). The summed E-state index contributed by atoms with van der Waals surface area (Å²) in [5.74, 6) is 0.865. The smallest absolute Gasteiger partial charge is 0.253 e. The van der Waals surface area contributed by atoms with E-state index in [0.29, 0.717) is 25.0 Å². The van der Waals surface area contributed by atoms with Crippen LogP contribution in [0.5, 0.6) is 5.75 Å². The van der Waals surface area contributed by atoms with Crippen molar-refractivity contribution < 1.29 is 14.6 Å². The van der Waals surface area contributed by atoms with Gasteiger partial charge < -0.3 is 20.1 Å². The number of hydrogen-bond donors (Lipinski definition) is 3. The Hall–Kier alpha value is -2.60. The van der Waals surface area contributed by atoms with Crippen LogP contribution in [0.4, 0.5) is 0 Å². The molecule has 25 heavy (non-hydrogen) atoms. The SMILES string of the molecule is O=C(NC(c1ccc2c(c1)CCO2)C1CC(O)C1)c1ccc(=O)[nH]c1. The Kier molecular flexibility index (Phi) is 4.05. The molecule has 0 saturated heterocycles. The lowest BCUT2D eigenvalue weighted by Gasteiger charge is -2.38. The first-order chi connectivity index (χ1) is 12.1. The number of aromatic amines is 1. The van der Waals surface area contributed by atoms with Crippen molar-refractivity contribution in [3.63, 3.8) is 0 Å². The van der Waals surface area contributed by atoms with Gasteiger partial charge in [0.25, 0.3) is 5.91 Å². The molecule has 3 N–H and O–H groups in total. The van der Waals surface area contributed by atoms with E-state index in [-0.39, 0.29) is 29.5 Å². The summed E-state index contributed by atoms with van der Waals surface area (Å²) < 4.78 is 5.55. The monoisotopic (exact) mass is 340 g/mol. The Morgan fingerprint density at radius 3 is 2.84 bits per heavy atom. The molecule has 1 aliphatic carbocycles. The third-order valence-corrected chi connectivity index (χ3v) is 5.03. The fourth-order valence-electron chi connectivity index (χ4n) is 3.55. The largest absolute Gasteiger partial charge is 0.493 e. The second-order valence-electron chi connectivity index (χ2n) is 6.74. The molecule has 1 aromatic carbocycles. The Morgan fingerprint density at radius 1 is 1.28 bits per heavy atom. The highest BCUT2D eigenvalue weighted by Gasteiger charge is 2.36. The fraction of sp³-hybridized carbons (Fsp3) is 0.368. The molecule has 2 aromatic rings. The first-order valence-electron chi connectivity index (χ1n) is 8.53. The van der Waals surface area contributed by atoms with Crippen molar-refractivity contribution in [2.75, 3.05) is 6.61 Å². The minimum absolute atomic E-state index is 0.172. The van der Waals surface area contributed by atoms with E-state index in [0.717, 1.165) is 23.3 Å². The van der Waals surface area contributed by atoms with E-state index in [1.807, 2.05) is 12.1 Å². The predicted molar refractivity (Wildman–Crippen MR) is 91.6 cm³/mol. The second-order valence-corrected chi connectivity index (χ2v) is 6.74. The molecule has 2 heterocycles. The van der Waals surface area contributed by atoms with Gasteiger partial charge in [0.15, 0.2) is 0 Å². The van der Waals surface area contributed by atoms with Crippen LogP contribution < -0.4 is 15.6 Å². The van der Waals surface area contributed by atoms with Crippen molar-refractivity contribution in [2.24, 2.45) is 5.92 Å². The number of aliphatic hydroxyl groups is 1. The zero-order valence-electron chi connectivity index (χ0n) is 13.7. The maximum Gasteiger partial charge on any atom is 0.253 e. The van der Waals surface area contributed by atoms with Gasteiger partial charge in [0, 0.05) is 18.7 Å². The molecule has 0 spiro atoms. The van der Waals surface area contributed by atoms with Gasteiger partial charge in [0.2, 0.25) is 5.56 Å². The number of amides is 1. The number of hydrogen-bond acceptors (Lipinski definition) is 4. The van der Waals surface area contributed by atoms with Crippen LogP contribution in [0.25, 0.3) is 0 Å². The van der Waals surface area contributed by atoms with Crippen LogP contribution in [0.1, 0.15) is 40.4 Å². The van der Waals surface area contributed by atoms with Crippen LogP contribution in [0.2, 0.25) is 0 Å². The molecule has 0 bridgehead atoms. The van der Waals surface area contributed by atoms with E-state index in [1.54, 1.807) is 0 Å². The van der Waals surface area contributed by atoms with Gasteiger partial charge in [-0.25, -0.2) is 0 Å². The number of carbonyl (C=O) groups excluding carboxylic acids is 1. The zero-order chi connectivity index (χ0) is 17.4. The lowest BCUT2D eigenvalue weighted by molar-refractivity contribution is 0.0235. The van der Waals surface area contributed by atoms with Gasteiger partial charge in [0.05, 0.1) is 24.3 Å². The summed E-state index contributed by atoms with van der Waals surface area (Å²) >= 11 is 0. The van der Waals surface area contributed by atoms with Gasteiger partial charge in [-0.1, -0.05) is 6.07 Å². The first-order valence-corrected chi connectivity index (χ1v) is 8.53. The van der Waals surface area contributed by atoms with Gasteiger partial charge in [-0.15, -0.1) is 0 Å². The quantitative estimate of drug-likeness (QED) is 0.787. The van der Waals surface area contributed by atoms with Crippen molar-refractivity contribution >= 4 is 5.91 Å². The number of H-pyrrole nitrogens is 1. The number of ether oxygens (including phenoxy) is 1. The molecule has 1 saturated carbocycles. The molecule has 1 fully saturated rings. The van der Waals surface area contributed by atoms with E-state index in [4.69, 9.17) is 4.74 Å². The lowest BCUT2D eigenvalue weighted by Crippen LogP contribution is -2.41. The van der Waals surface area contributed by atoms with Crippen molar-refractivity contribution in [2.45, 2.75) is 31.4 Å². The summed E-state index contributed by atoms with van der Waals surface area (Å²) in [5, 5.41) is 12.7. The average Bonchev–Trinajstić information content (AvgIpc) is 3.05. The molecule has 130 valence electrons. The number of carbonyl (C=O) groups is 1. The molecule has 1 atom stereocenters. The van der Waals surface area contributed by atoms with Crippen LogP contribution in [0.3, 0.4) is 0 Å². The number of nitrogens with one attached hydrogen (secondary N) is 2. The molecule has 1 unspecified atom stereocenters. The second kappa shape index (κ2) is 6.37. The van der Waals surface area contributed by atoms with Crippen LogP contribution in [0.15, 0.2) is 41.3 Å². The van der Waals surface area contributed by atoms with E-state index >= 15 is 0 Å². The molecule has 4 rings (SSSR count). The number of fused-ring (bicyclic) bond motifs is 1. The summed E-state index contributed by atoms with van der Waals surface area (Å²) in [6, 6.07) is 8.69. The molecule has 6 heteroatoms. The number of benzene rings is 1. The third kappa shape index (κ3) is 3.17. The van der Waals surface area contributed by atoms with Gasteiger partial charge >= 0.3 is 0 Å². The Balaban J connectivity index is 1.59. The molecule has 1 aliphatic heterocycles. The van der Waals surface area contributed by atoms with Crippen molar-refractivity contribution in [3.8, 4) is 5.75 Å². The van der Waals surface area contributed by atoms with Gasteiger partial charge in [-0.2, -0.15) is 0 Å². The number of aromatic nitrogens is 1. The van der Waals surface area contributed by atoms with Crippen molar-refractivity contribution in [3.05, 3.63) is 63.6 Å². The van der Waals surface area contributed by atoms with E-state index < -0.39 is 0 Å². The summed E-state index contributed by atoms with van der Waals surface area (Å²) in [6.45, 7) is 0.690. The van der Waals surface area contributed by atoms with Gasteiger partial charge in [-0.3, -0.25) is 9.59 Å². The molecule has 1 aromatic heterocycles. The minimum Gasteiger partial charge on any atom is -0.493 e. The average molecular weight is 340 g/mol. The first kappa shape index (κ1) is 15.9. The van der Waals surface area contributed by atoms with Crippen LogP contribution in [-0.2, 0) is 6.42 Å². The number of rotatable bonds is 4. The van der Waals surface area contributed by atoms with Gasteiger partial charge in [0.1, 0.15) is 5.75 Å². The van der Waals surface area contributed by atoms with Crippen molar-refractivity contribution in [1.82, 2.24) is 10.3 Å². The maximum atomic E-state index is 12.6. The number of pyridine rings is 1.